The molecule has 18 heavy (non-hydrogen) atoms. The summed E-state index contributed by atoms with van der Waals surface area (Å²) < 4.78 is 18.3. The minimum Gasteiger partial charge on any atom is -0.424 e. The van der Waals surface area contributed by atoms with Crippen LogP contribution in [0.4, 0.5) is 4.39 Å². The lowest BCUT2D eigenvalue weighted by atomic mass is 10.2. The van der Waals surface area contributed by atoms with Gasteiger partial charge in [-0.3, -0.25) is 0 Å². The number of ether oxygens (including phenoxy) is 1. The second-order valence-electron chi connectivity index (χ2n) is 3.59. The van der Waals surface area contributed by atoms with E-state index in [0.29, 0.717) is 18.7 Å². The summed E-state index contributed by atoms with van der Waals surface area (Å²) in [6, 6.07) is 4.23. The first-order chi connectivity index (χ1) is 8.69. The summed E-state index contributed by atoms with van der Waals surface area (Å²) in [4.78, 5) is 8.04. The summed E-state index contributed by atoms with van der Waals surface area (Å²) >= 11 is 5.64. The van der Waals surface area contributed by atoms with Crippen molar-refractivity contribution in [3.8, 4) is 11.8 Å². The van der Waals surface area contributed by atoms with Gasteiger partial charge >= 0.3 is 6.01 Å². The van der Waals surface area contributed by atoms with Gasteiger partial charge in [0.05, 0.1) is 5.02 Å². The number of hydrogen-bond acceptors (Lipinski definition) is 4. The second-order valence-corrected chi connectivity index (χ2v) is 4.00. The zero-order chi connectivity index (χ0) is 13.0. The van der Waals surface area contributed by atoms with E-state index >= 15 is 0 Å². The zero-order valence-corrected chi connectivity index (χ0v) is 10.2. The quantitative estimate of drug-likeness (QED) is 0.925. The van der Waals surface area contributed by atoms with Crippen LogP contribution in [0.5, 0.6) is 11.8 Å². The third-order valence-corrected chi connectivity index (χ3v) is 2.50. The zero-order valence-electron chi connectivity index (χ0n) is 9.44. The van der Waals surface area contributed by atoms with Crippen molar-refractivity contribution in [3.05, 3.63) is 47.0 Å². The Bertz CT molecular complexity index is 533. The summed E-state index contributed by atoms with van der Waals surface area (Å²) in [6.45, 7) is 0.539. The van der Waals surface area contributed by atoms with Crippen LogP contribution < -0.4 is 10.5 Å². The van der Waals surface area contributed by atoms with Crippen LogP contribution in [0.3, 0.4) is 0 Å². The first-order valence-corrected chi connectivity index (χ1v) is 5.70. The number of hydrogen-bond donors (Lipinski definition) is 1. The fourth-order valence-electron chi connectivity index (χ4n) is 1.34. The maximum atomic E-state index is 12.9. The van der Waals surface area contributed by atoms with Crippen LogP contribution in [0.25, 0.3) is 0 Å². The summed E-state index contributed by atoms with van der Waals surface area (Å²) in [5.41, 5.74) is 6.35. The SMILES string of the molecule is NCCc1cnc(Oc2ccc(F)c(Cl)c2)nc1. The number of benzene rings is 1. The molecule has 0 radical (unpaired) electrons. The van der Waals surface area contributed by atoms with Crippen molar-refractivity contribution < 1.29 is 9.13 Å². The Kier molecular flexibility index (Phi) is 4.07. The monoisotopic (exact) mass is 267 g/mol. The van der Waals surface area contributed by atoms with Crippen LogP contribution in [-0.2, 0) is 6.42 Å². The molecule has 0 spiro atoms. The predicted molar refractivity (Wildman–Crippen MR) is 66.3 cm³/mol. The molecule has 1 aromatic carbocycles. The molecule has 0 bridgehead atoms. The number of nitrogens with zero attached hydrogens (tertiary/aromatic N) is 2. The van der Waals surface area contributed by atoms with E-state index in [-0.39, 0.29) is 11.0 Å². The molecule has 4 nitrogen and oxygen atoms in total. The minimum atomic E-state index is -0.497. The van der Waals surface area contributed by atoms with Gasteiger partial charge in [0.15, 0.2) is 0 Å². The Morgan fingerprint density at radius 2 is 2.00 bits per heavy atom. The molecule has 0 aliphatic rings. The van der Waals surface area contributed by atoms with E-state index in [2.05, 4.69) is 9.97 Å². The van der Waals surface area contributed by atoms with Gasteiger partial charge in [-0.05, 0) is 30.7 Å². The van der Waals surface area contributed by atoms with E-state index in [9.17, 15) is 4.39 Å². The van der Waals surface area contributed by atoms with Crippen LogP contribution in [0.1, 0.15) is 5.56 Å². The van der Waals surface area contributed by atoms with Gasteiger partial charge in [-0.2, -0.15) is 0 Å². The highest BCUT2D eigenvalue weighted by Crippen LogP contribution is 2.23. The lowest BCUT2D eigenvalue weighted by molar-refractivity contribution is 0.439. The third kappa shape index (κ3) is 3.15. The van der Waals surface area contributed by atoms with E-state index < -0.39 is 5.82 Å². The molecule has 0 aliphatic carbocycles. The Hall–Kier alpha value is -1.72. The fourth-order valence-corrected chi connectivity index (χ4v) is 1.51. The average molecular weight is 268 g/mol. The van der Waals surface area contributed by atoms with Crippen molar-refractivity contribution in [2.75, 3.05) is 6.54 Å². The molecule has 0 saturated heterocycles. The van der Waals surface area contributed by atoms with Crippen LogP contribution in [0.15, 0.2) is 30.6 Å². The highest BCUT2D eigenvalue weighted by Gasteiger charge is 2.04. The molecule has 0 aliphatic heterocycles. The number of aromatic nitrogens is 2. The molecular formula is C12H11ClFN3O. The van der Waals surface area contributed by atoms with Gasteiger partial charge in [0.2, 0.25) is 0 Å². The van der Waals surface area contributed by atoms with Gasteiger partial charge in [0.1, 0.15) is 11.6 Å². The molecule has 0 unspecified atom stereocenters. The van der Waals surface area contributed by atoms with Crippen LogP contribution in [0.2, 0.25) is 5.02 Å². The fraction of sp³-hybridized carbons (Fsp3) is 0.167. The van der Waals surface area contributed by atoms with Gasteiger partial charge < -0.3 is 10.5 Å². The van der Waals surface area contributed by atoms with E-state index in [4.69, 9.17) is 22.1 Å². The van der Waals surface area contributed by atoms with Crippen molar-refractivity contribution in [1.29, 1.82) is 0 Å². The first kappa shape index (κ1) is 12.7. The number of rotatable bonds is 4. The smallest absolute Gasteiger partial charge is 0.321 e. The second kappa shape index (κ2) is 5.75. The minimum absolute atomic E-state index is 0.00717. The third-order valence-electron chi connectivity index (χ3n) is 2.21. The molecule has 2 aromatic rings. The van der Waals surface area contributed by atoms with Crippen LogP contribution in [-0.4, -0.2) is 16.5 Å². The molecule has 0 fully saturated rings. The molecule has 6 heteroatoms. The number of halogens is 2. The molecule has 0 saturated carbocycles. The lowest BCUT2D eigenvalue weighted by Crippen LogP contribution is -2.03. The van der Waals surface area contributed by atoms with Crippen LogP contribution in [0, 0.1) is 5.82 Å². The van der Waals surface area contributed by atoms with Gasteiger partial charge in [-0.15, -0.1) is 0 Å². The van der Waals surface area contributed by atoms with E-state index in [1.165, 1.54) is 18.2 Å². The van der Waals surface area contributed by atoms with E-state index in [0.717, 1.165) is 5.56 Å². The van der Waals surface area contributed by atoms with Crippen molar-refractivity contribution >= 4 is 11.6 Å². The molecule has 2 N–H and O–H groups in total. The summed E-state index contributed by atoms with van der Waals surface area (Å²) in [6.07, 6.45) is 3.99. The van der Waals surface area contributed by atoms with Gasteiger partial charge in [-0.1, -0.05) is 11.6 Å². The van der Waals surface area contributed by atoms with Crippen LogP contribution >= 0.6 is 11.6 Å². The average Bonchev–Trinajstić information content (AvgIpc) is 2.37. The molecule has 0 atom stereocenters. The summed E-state index contributed by atoms with van der Waals surface area (Å²) in [5, 5.41) is -0.00717. The predicted octanol–water partition coefficient (Wildman–Crippen LogP) is 2.56. The highest BCUT2D eigenvalue weighted by molar-refractivity contribution is 6.30. The standard InChI is InChI=1S/C12H11ClFN3O/c13-10-5-9(1-2-11(10)14)18-12-16-6-8(3-4-15)7-17-12/h1-2,5-7H,3-4,15H2. The summed E-state index contributed by atoms with van der Waals surface area (Å²) in [7, 11) is 0. The lowest BCUT2D eigenvalue weighted by Gasteiger charge is -2.05. The topological polar surface area (TPSA) is 61.0 Å². The van der Waals surface area contributed by atoms with Crippen molar-refractivity contribution in [2.24, 2.45) is 5.73 Å². The van der Waals surface area contributed by atoms with Crippen molar-refractivity contribution in [1.82, 2.24) is 9.97 Å². The molecular weight excluding hydrogens is 257 g/mol. The van der Waals surface area contributed by atoms with Gasteiger partial charge in [0.25, 0.3) is 0 Å². The summed E-state index contributed by atoms with van der Waals surface area (Å²) in [5.74, 6) is -0.115. The van der Waals surface area contributed by atoms with Gasteiger partial charge in [0, 0.05) is 18.5 Å². The maximum absolute atomic E-state index is 12.9. The van der Waals surface area contributed by atoms with Crippen molar-refractivity contribution in [3.63, 3.8) is 0 Å². The molecule has 94 valence electrons. The largest absolute Gasteiger partial charge is 0.424 e. The highest BCUT2D eigenvalue weighted by atomic mass is 35.5. The first-order valence-electron chi connectivity index (χ1n) is 5.33. The Morgan fingerprint density at radius 1 is 1.28 bits per heavy atom. The maximum Gasteiger partial charge on any atom is 0.321 e. The molecule has 0 amide bonds. The normalized spacial score (nSPS) is 10.4. The van der Waals surface area contributed by atoms with E-state index in [1.807, 2.05) is 0 Å². The number of nitrogens with two attached hydrogens (primary N) is 1. The van der Waals surface area contributed by atoms with E-state index in [1.54, 1.807) is 12.4 Å². The molecule has 1 aromatic heterocycles. The molecule has 1 heterocycles. The van der Waals surface area contributed by atoms with Gasteiger partial charge in [-0.25, -0.2) is 14.4 Å². The Labute approximate surface area is 109 Å². The Balaban J connectivity index is 2.10. The van der Waals surface area contributed by atoms with Crippen molar-refractivity contribution in [2.45, 2.75) is 6.42 Å². The Morgan fingerprint density at radius 3 is 2.61 bits per heavy atom. The molecule has 2 rings (SSSR count).